The van der Waals surface area contributed by atoms with Crippen molar-refractivity contribution >= 4 is 11.6 Å². The molecule has 1 atom stereocenters. The van der Waals surface area contributed by atoms with E-state index in [0.29, 0.717) is 12.0 Å². The molecule has 0 aromatic heterocycles. The molecule has 0 heterocycles. The molecule has 6 nitrogen and oxygen atoms in total. The quantitative estimate of drug-likeness (QED) is 0.579. The average Bonchev–Trinajstić information content (AvgIpc) is 2.42. The zero-order valence-corrected chi connectivity index (χ0v) is 11.0. The third-order valence-corrected chi connectivity index (χ3v) is 2.85. The van der Waals surface area contributed by atoms with Crippen LogP contribution in [-0.4, -0.2) is 16.9 Å². The summed E-state index contributed by atoms with van der Waals surface area (Å²) in [5.41, 5.74) is 6.20. The lowest BCUT2D eigenvalue weighted by atomic mass is 10.1. The van der Waals surface area contributed by atoms with Gasteiger partial charge in [-0.1, -0.05) is 38.0 Å². The maximum absolute atomic E-state index is 11.7. The molecule has 1 aromatic rings. The van der Waals surface area contributed by atoms with Crippen molar-refractivity contribution in [2.45, 2.75) is 38.8 Å². The molecule has 19 heavy (non-hydrogen) atoms. The van der Waals surface area contributed by atoms with Crippen LogP contribution in [0.2, 0.25) is 0 Å². The van der Waals surface area contributed by atoms with Crippen molar-refractivity contribution < 1.29 is 9.72 Å². The van der Waals surface area contributed by atoms with Crippen molar-refractivity contribution in [2.24, 2.45) is 5.73 Å². The van der Waals surface area contributed by atoms with Gasteiger partial charge in [-0.3, -0.25) is 14.9 Å². The van der Waals surface area contributed by atoms with Crippen LogP contribution in [0.4, 0.5) is 5.69 Å². The highest BCUT2D eigenvalue weighted by molar-refractivity contribution is 5.81. The molecule has 0 radical (unpaired) electrons. The van der Waals surface area contributed by atoms with Crippen LogP contribution >= 0.6 is 0 Å². The van der Waals surface area contributed by atoms with Gasteiger partial charge in [0.15, 0.2) is 0 Å². The SMILES string of the molecule is CCCC[C@H](N)C(=O)NCc1ccccc1[N+](=O)[O-]. The van der Waals surface area contributed by atoms with Crippen molar-refractivity contribution in [3.05, 3.63) is 39.9 Å². The maximum Gasteiger partial charge on any atom is 0.274 e. The summed E-state index contributed by atoms with van der Waals surface area (Å²) in [6, 6.07) is 5.78. The Hall–Kier alpha value is -1.95. The Balaban J connectivity index is 2.57. The summed E-state index contributed by atoms with van der Waals surface area (Å²) in [6.45, 7) is 2.15. The van der Waals surface area contributed by atoms with E-state index in [1.807, 2.05) is 6.92 Å². The summed E-state index contributed by atoms with van der Waals surface area (Å²) in [4.78, 5) is 22.0. The van der Waals surface area contributed by atoms with Gasteiger partial charge < -0.3 is 11.1 Å². The number of nitrogens with two attached hydrogens (primary N) is 1. The molecular formula is C13H19N3O3. The number of hydrogen-bond donors (Lipinski definition) is 2. The van der Waals surface area contributed by atoms with Crippen LogP contribution in [0.15, 0.2) is 24.3 Å². The second-order valence-corrected chi connectivity index (χ2v) is 4.35. The predicted octanol–water partition coefficient (Wildman–Crippen LogP) is 1.73. The van der Waals surface area contributed by atoms with Gasteiger partial charge in [0.25, 0.3) is 5.69 Å². The number of rotatable bonds is 7. The molecule has 1 amide bonds. The molecule has 0 saturated carbocycles. The standard InChI is InChI=1S/C13H19N3O3/c1-2-3-7-11(14)13(17)15-9-10-6-4-5-8-12(10)16(18)19/h4-6,8,11H,2-3,7,9,14H2,1H3,(H,15,17)/t11-/m0/s1. The van der Waals surface area contributed by atoms with Crippen LogP contribution in [0.25, 0.3) is 0 Å². The summed E-state index contributed by atoms with van der Waals surface area (Å²) in [6.07, 6.45) is 2.49. The number of carbonyl (C=O) groups is 1. The van der Waals surface area contributed by atoms with Gasteiger partial charge in [0.2, 0.25) is 5.91 Å². The molecule has 0 unspecified atom stereocenters. The van der Waals surface area contributed by atoms with E-state index in [0.717, 1.165) is 12.8 Å². The lowest BCUT2D eigenvalue weighted by Crippen LogP contribution is -2.40. The van der Waals surface area contributed by atoms with Crippen molar-refractivity contribution in [2.75, 3.05) is 0 Å². The predicted molar refractivity (Wildman–Crippen MR) is 72.4 cm³/mol. The molecule has 1 aromatic carbocycles. The Morgan fingerprint density at radius 1 is 1.47 bits per heavy atom. The summed E-state index contributed by atoms with van der Waals surface area (Å²) < 4.78 is 0. The van der Waals surface area contributed by atoms with Gasteiger partial charge in [0, 0.05) is 18.2 Å². The second-order valence-electron chi connectivity index (χ2n) is 4.35. The summed E-state index contributed by atoms with van der Waals surface area (Å²) in [5.74, 6) is -0.272. The van der Waals surface area contributed by atoms with Crippen molar-refractivity contribution in [1.82, 2.24) is 5.32 Å². The molecule has 0 aliphatic heterocycles. The minimum Gasteiger partial charge on any atom is -0.350 e. The van der Waals surface area contributed by atoms with E-state index < -0.39 is 11.0 Å². The molecule has 0 fully saturated rings. The third-order valence-electron chi connectivity index (χ3n) is 2.85. The van der Waals surface area contributed by atoms with E-state index in [1.54, 1.807) is 18.2 Å². The number of nitro benzene ring substituents is 1. The number of nitro groups is 1. The maximum atomic E-state index is 11.7. The first-order valence-corrected chi connectivity index (χ1v) is 6.31. The Labute approximate surface area is 112 Å². The summed E-state index contributed by atoms with van der Waals surface area (Å²) in [5, 5.41) is 13.4. The molecule has 104 valence electrons. The Bertz CT molecular complexity index is 449. The minimum atomic E-state index is -0.553. The zero-order valence-electron chi connectivity index (χ0n) is 11.0. The van der Waals surface area contributed by atoms with Crippen LogP contribution in [0, 0.1) is 10.1 Å². The molecule has 0 saturated heterocycles. The minimum absolute atomic E-state index is 0.00456. The van der Waals surface area contributed by atoms with E-state index in [9.17, 15) is 14.9 Å². The van der Waals surface area contributed by atoms with Crippen LogP contribution in [-0.2, 0) is 11.3 Å². The smallest absolute Gasteiger partial charge is 0.274 e. The monoisotopic (exact) mass is 265 g/mol. The van der Waals surface area contributed by atoms with Gasteiger partial charge in [-0.05, 0) is 6.42 Å². The third kappa shape index (κ3) is 4.67. The largest absolute Gasteiger partial charge is 0.350 e. The first-order valence-electron chi connectivity index (χ1n) is 6.31. The van der Waals surface area contributed by atoms with Crippen molar-refractivity contribution in [1.29, 1.82) is 0 Å². The van der Waals surface area contributed by atoms with Gasteiger partial charge in [-0.25, -0.2) is 0 Å². The highest BCUT2D eigenvalue weighted by Gasteiger charge is 2.16. The highest BCUT2D eigenvalue weighted by Crippen LogP contribution is 2.17. The van der Waals surface area contributed by atoms with Crippen LogP contribution in [0.3, 0.4) is 0 Å². The molecule has 0 bridgehead atoms. The lowest BCUT2D eigenvalue weighted by molar-refractivity contribution is -0.385. The number of para-hydroxylation sites is 1. The van der Waals surface area contributed by atoms with E-state index in [2.05, 4.69) is 5.32 Å². The summed E-state index contributed by atoms with van der Waals surface area (Å²) >= 11 is 0. The average molecular weight is 265 g/mol. The van der Waals surface area contributed by atoms with Crippen LogP contribution in [0.1, 0.15) is 31.7 Å². The van der Waals surface area contributed by atoms with Crippen LogP contribution < -0.4 is 11.1 Å². The number of nitrogens with zero attached hydrogens (tertiary/aromatic N) is 1. The molecule has 0 aliphatic rings. The van der Waals surface area contributed by atoms with Gasteiger partial charge >= 0.3 is 0 Å². The molecule has 6 heteroatoms. The Morgan fingerprint density at radius 2 is 2.16 bits per heavy atom. The Morgan fingerprint density at radius 3 is 2.79 bits per heavy atom. The highest BCUT2D eigenvalue weighted by atomic mass is 16.6. The topological polar surface area (TPSA) is 98.3 Å². The number of amides is 1. The number of hydrogen-bond acceptors (Lipinski definition) is 4. The normalized spacial score (nSPS) is 11.9. The van der Waals surface area contributed by atoms with E-state index in [1.165, 1.54) is 6.07 Å². The van der Waals surface area contributed by atoms with Crippen LogP contribution in [0.5, 0.6) is 0 Å². The van der Waals surface area contributed by atoms with E-state index >= 15 is 0 Å². The molecule has 0 aliphatic carbocycles. The first kappa shape index (κ1) is 15.1. The number of unbranched alkanes of at least 4 members (excludes halogenated alkanes) is 1. The summed E-state index contributed by atoms with van der Waals surface area (Å²) in [7, 11) is 0. The number of nitrogens with one attached hydrogen (secondary N) is 1. The van der Waals surface area contributed by atoms with Gasteiger partial charge in [-0.15, -0.1) is 0 Å². The molecule has 1 rings (SSSR count). The van der Waals surface area contributed by atoms with E-state index in [4.69, 9.17) is 5.73 Å². The fraction of sp³-hybridized carbons (Fsp3) is 0.462. The van der Waals surface area contributed by atoms with Crippen molar-refractivity contribution in [3.8, 4) is 0 Å². The second kappa shape index (κ2) is 7.48. The van der Waals surface area contributed by atoms with Gasteiger partial charge in [0.05, 0.1) is 11.0 Å². The molecular weight excluding hydrogens is 246 g/mol. The fourth-order valence-electron chi connectivity index (χ4n) is 1.71. The van der Waals surface area contributed by atoms with Gasteiger partial charge in [-0.2, -0.15) is 0 Å². The number of benzene rings is 1. The molecule has 3 N–H and O–H groups in total. The molecule has 0 spiro atoms. The lowest BCUT2D eigenvalue weighted by Gasteiger charge is -2.11. The zero-order chi connectivity index (χ0) is 14.3. The fourth-order valence-corrected chi connectivity index (χ4v) is 1.71. The Kier molecular flexibility index (Phi) is 5.95. The van der Waals surface area contributed by atoms with Gasteiger partial charge in [0.1, 0.15) is 0 Å². The van der Waals surface area contributed by atoms with Crippen molar-refractivity contribution in [3.63, 3.8) is 0 Å². The van der Waals surface area contributed by atoms with E-state index in [-0.39, 0.29) is 18.1 Å². The number of carbonyl (C=O) groups excluding carboxylic acids is 1. The first-order chi connectivity index (χ1) is 9.06.